The Bertz CT molecular complexity index is 647. The maximum absolute atomic E-state index is 10.0. The van der Waals surface area contributed by atoms with Crippen LogP contribution in [0.5, 0.6) is 0 Å². The number of aliphatic hydroxyl groups excluding tert-OH is 1. The number of likely N-dealkylation sites (tertiary alicyclic amines) is 1. The van der Waals surface area contributed by atoms with E-state index in [2.05, 4.69) is 44.5 Å². The van der Waals surface area contributed by atoms with E-state index >= 15 is 0 Å². The summed E-state index contributed by atoms with van der Waals surface area (Å²) >= 11 is 0. The minimum atomic E-state index is -0.254. The van der Waals surface area contributed by atoms with Gasteiger partial charge >= 0.3 is 0 Å². The van der Waals surface area contributed by atoms with Crippen molar-refractivity contribution in [2.45, 2.75) is 39.0 Å². The average molecular weight is 312 g/mol. The molecule has 2 aromatic rings. The molecule has 0 aliphatic carbocycles. The highest BCUT2D eigenvalue weighted by molar-refractivity contribution is 5.39. The van der Waals surface area contributed by atoms with Gasteiger partial charge in [0.15, 0.2) is 0 Å². The second-order valence-corrected chi connectivity index (χ2v) is 6.28. The Morgan fingerprint density at radius 3 is 2.83 bits per heavy atom. The van der Waals surface area contributed by atoms with Gasteiger partial charge in [-0.1, -0.05) is 30.3 Å². The molecule has 2 unspecified atom stereocenters. The lowest BCUT2D eigenvalue weighted by atomic mass is 10.1. The minimum absolute atomic E-state index is 0.254. The largest absolute Gasteiger partial charge is 0.392 e. The first kappa shape index (κ1) is 15.9. The van der Waals surface area contributed by atoms with Crippen LogP contribution in [0.1, 0.15) is 23.4 Å². The van der Waals surface area contributed by atoms with Crippen molar-refractivity contribution in [3.05, 3.63) is 53.5 Å². The summed E-state index contributed by atoms with van der Waals surface area (Å²) in [5.41, 5.74) is 3.09. The molecule has 1 aliphatic rings. The molecule has 0 bridgehead atoms. The molecule has 1 aliphatic heterocycles. The van der Waals surface area contributed by atoms with E-state index in [1.807, 2.05) is 19.9 Å². The standard InChI is InChI=1S/C18H24N4O/c1-13-9-19-14(2)18(21-13)20-10-16-8-17(23)12-22(16)11-15-6-4-3-5-7-15/h3-7,9,16-17,23H,8,10-12H2,1-2H3,(H,20,21). The normalized spacial score (nSPS) is 21.5. The quantitative estimate of drug-likeness (QED) is 0.886. The predicted octanol–water partition coefficient (Wildman–Crippen LogP) is 2.14. The predicted molar refractivity (Wildman–Crippen MR) is 91.3 cm³/mol. The number of nitrogens with zero attached hydrogens (tertiary/aromatic N) is 3. The number of hydrogen-bond donors (Lipinski definition) is 2. The van der Waals surface area contributed by atoms with Crippen LogP contribution in [0, 0.1) is 13.8 Å². The van der Waals surface area contributed by atoms with Crippen molar-refractivity contribution in [2.75, 3.05) is 18.4 Å². The molecule has 1 saturated heterocycles. The Hall–Kier alpha value is -1.98. The van der Waals surface area contributed by atoms with Crippen molar-refractivity contribution in [3.8, 4) is 0 Å². The number of anilines is 1. The number of hydrogen-bond acceptors (Lipinski definition) is 5. The summed E-state index contributed by atoms with van der Waals surface area (Å²) in [6.45, 7) is 6.25. The van der Waals surface area contributed by atoms with Crippen molar-refractivity contribution in [2.24, 2.45) is 0 Å². The van der Waals surface area contributed by atoms with Crippen molar-refractivity contribution in [1.82, 2.24) is 14.9 Å². The van der Waals surface area contributed by atoms with Crippen LogP contribution in [0.3, 0.4) is 0 Å². The SMILES string of the molecule is Cc1cnc(C)c(NCC2CC(O)CN2Cc2ccccc2)n1. The molecule has 2 heterocycles. The summed E-state index contributed by atoms with van der Waals surface area (Å²) < 4.78 is 0. The van der Waals surface area contributed by atoms with Crippen LogP contribution in [0.2, 0.25) is 0 Å². The van der Waals surface area contributed by atoms with Gasteiger partial charge in [0.1, 0.15) is 5.82 Å². The van der Waals surface area contributed by atoms with Gasteiger partial charge in [0.05, 0.1) is 17.5 Å². The highest BCUT2D eigenvalue weighted by Crippen LogP contribution is 2.21. The Morgan fingerprint density at radius 2 is 2.04 bits per heavy atom. The van der Waals surface area contributed by atoms with E-state index < -0.39 is 0 Å². The summed E-state index contributed by atoms with van der Waals surface area (Å²) in [6, 6.07) is 10.7. The molecule has 2 N–H and O–H groups in total. The van der Waals surface area contributed by atoms with E-state index in [0.717, 1.165) is 43.3 Å². The summed E-state index contributed by atoms with van der Waals surface area (Å²) in [7, 11) is 0. The number of nitrogens with one attached hydrogen (secondary N) is 1. The first-order valence-corrected chi connectivity index (χ1v) is 8.12. The highest BCUT2D eigenvalue weighted by Gasteiger charge is 2.30. The second kappa shape index (κ2) is 7.06. The molecule has 1 aromatic carbocycles. The van der Waals surface area contributed by atoms with Gasteiger partial charge in [0.2, 0.25) is 0 Å². The number of aromatic nitrogens is 2. The molecular weight excluding hydrogens is 288 g/mol. The second-order valence-electron chi connectivity index (χ2n) is 6.28. The number of aryl methyl sites for hydroxylation is 2. The molecule has 23 heavy (non-hydrogen) atoms. The maximum Gasteiger partial charge on any atom is 0.147 e. The molecule has 5 nitrogen and oxygen atoms in total. The summed E-state index contributed by atoms with van der Waals surface area (Å²) in [4.78, 5) is 11.2. The molecule has 122 valence electrons. The zero-order chi connectivity index (χ0) is 16.2. The van der Waals surface area contributed by atoms with Crippen LogP contribution in [0.4, 0.5) is 5.82 Å². The lowest BCUT2D eigenvalue weighted by Gasteiger charge is -2.25. The summed E-state index contributed by atoms with van der Waals surface area (Å²) in [5.74, 6) is 0.839. The van der Waals surface area contributed by atoms with E-state index in [0.29, 0.717) is 6.04 Å². The van der Waals surface area contributed by atoms with Gasteiger partial charge in [-0.3, -0.25) is 9.88 Å². The zero-order valence-corrected chi connectivity index (χ0v) is 13.7. The Kier molecular flexibility index (Phi) is 4.88. The van der Waals surface area contributed by atoms with E-state index in [1.54, 1.807) is 6.20 Å². The lowest BCUT2D eigenvalue weighted by Crippen LogP contribution is -2.34. The lowest BCUT2D eigenvalue weighted by molar-refractivity contribution is 0.173. The summed E-state index contributed by atoms with van der Waals surface area (Å²) in [5, 5.41) is 13.5. The van der Waals surface area contributed by atoms with E-state index in [4.69, 9.17) is 0 Å². The first-order chi connectivity index (χ1) is 11.1. The molecule has 0 spiro atoms. The Balaban J connectivity index is 1.64. The Labute approximate surface area is 137 Å². The monoisotopic (exact) mass is 312 g/mol. The third-order valence-corrected chi connectivity index (χ3v) is 4.32. The molecular formula is C18H24N4O. The molecule has 1 fully saturated rings. The first-order valence-electron chi connectivity index (χ1n) is 8.12. The van der Waals surface area contributed by atoms with Gasteiger partial charge in [-0.2, -0.15) is 0 Å². The summed E-state index contributed by atoms with van der Waals surface area (Å²) in [6.07, 6.45) is 2.31. The average Bonchev–Trinajstić information content (AvgIpc) is 2.89. The van der Waals surface area contributed by atoms with Gasteiger partial charge in [-0.25, -0.2) is 4.98 Å². The molecule has 1 aromatic heterocycles. The third kappa shape index (κ3) is 4.06. The van der Waals surface area contributed by atoms with Gasteiger partial charge in [-0.05, 0) is 25.8 Å². The number of rotatable bonds is 5. The van der Waals surface area contributed by atoms with Crippen LogP contribution in [-0.2, 0) is 6.54 Å². The molecule has 3 rings (SSSR count). The number of β-amino-alcohol motifs (C(OH)–C–C–N with tert-alkyl or cyclic N) is 1. The van der Waals surface area contributed by atoms with Gasteiger partial charge in [0, 0.05) is 31.9 Å². The van der Waals surface area contributed by atoms with Crippen LogP contribution in [0.25, 0.3) is 0 Å². The van der Waals surface area contributed by atoms with E-state index in [9.17, 15) is 5.11 Å². The van der Waals surface area contributed by atoms with Gasteiger partial charge in [-0.15, -0.1) is 0 Å². The highest BCUT2D eigenvalue weighted by atomic mass is 16.3. The fourth-order valence-electron chi connectivity index (χ4n) is 3.10. The fourth-order valence-corrected chi connectivity index (χ4v) is 3.10. The smallest absolute Gasteiger partial charge is 0.147 e. The van der Waals surface area contributed by atoms with Crippen LogP contribution in [0.15, 0.2) is 36.5 Å². The fraction of sp³-hybridized carbons (Fsp3) is 0.444. The van der Waals surface area contributed by atoms with Crippen molar-refractivity contribution < 1.29 is 5.11 Å². The molecule has 0 saturated carbocycles. The van der Waals surface area contributed by atoms with Crippen LogP contribution in [-0.4, -0.2) is 45.2 Å². The molecule has 5 heteroatoms. The van der Waals surface area contributed by atoms with Gasteiger partial charge < -0.3 is 10.4 Å². The van der Waals surface area contributed by atoms with Crippen molar-refractivity contribution >= 4 is 5.82 Å². The van der Waals surface area contributed by atoms with E-state index in [-0.39, 0.29) is 6.10 Å². The number of benzene rings is 1. The van der Waals surface area contributed by atoms with Crippen LogP contribution >= 0.6 is 0 Å². The maximum atomic E-state index is 10.0. The van der Waals surface area contributed by atoms with Crippen molar-refractivity contribution in [3.63, 3.8) is 0 Å². The molecule has 0 radical (unpaired) electrons. The topological polar surface area (TPSA) is 61.3 Å². The van der Waals surface area contributed by atoms with Gasteiger partial charge in [0.25, 0.3) is 0 Å². The zero-order valence-electron chi connectivity index (χ0n) is 13.7. The third-order valence-electron chi connectivity index (χ3n) is 4.32. The minimum Gasteiger partial charge on any atom is -0.392 e. The van der Waals surface area contributed by atoms with Crippen LogP contribution < -0.4 is 5.32 Å². The van der Waals surface area contributed by atoms with E-state index in [1.165, 1.54) is 5.56 Å². The Morgan fingerprint density at radius 1 is 1.26 bits per heavy atom. The molecule has 0 amide bonds. The van der Waals surface area contributed by atoms with Crippen molar-refractivity contribution in [1.29, 1.82) is 0 Å². The molecule has 2 atom stereocenters. The number of aliphatic hydroxyl groups is 1.